The van der Waals surface area contributed by atoms with E-state index in [1.165, 1.54) is 11.3 Å². The van der Waals surface area contributed by atoms with Gasteiger partial charge in [-0.25, -0.2) is 4.98 Å². The molecule has 0 radical (unpaired) electrons. The van der Waals surface area contributed by atoms with Crippen LogP contribution in [0.15, 0.2) is 24.3 Å². The number of H-pyrrole nitrogens is 1. The number of aliphatic hydroxyl groups excluding tert-OH is 1. The van der Waals surface area contributed by atoms with Gasteiger partial charge in [-0.1, -0.05) is 11.6 Å². The number of aromatic nitrogens is 2. The molecule has 1 aliphatic heterocycles. The highest BCUT2D eigenvalue weighted by Crippen LogP contribution is 2.29. The monoisotopic (exact) mass is 515 g/mol. The smallest absolute Gasteiger partial charge is 0.280 e. The van der Waals surface area contributed by atoms with E-state index < -0.39 is 0 Å². The van der Waals surface area contributed by atoms with Crippen LogP contribution in [-0.2, 0) is 13.0 Å². The molecule has 0 saturated heterocycles. The van der Waals surface area contributed by atoms with Crippen LogP contribution in [0.3, 0.4) is 0 Å². The Morgan fingerprint density at radius 3 is 2.69 bits per heavy atom. The molecule has 186 valence electrons. The number of nitrogens with zero attached hydrogens (tertiary/aromatic N) is 2. The number of carbonyl (C=O) groups is 2. The van der Waals surface area contributed by atoms with E-state index in [0.29, 0.717) is 34.6 Å². The molecule has 1 aromatic carbocycles. The fourth-order valence-corrected chi connectivity index (χ4v) is 6.28. The van der Waals surface area contributed by atoms with Crippen molar-refractivity contribution in [2.75, 3.05) is 13.2 Å². The zero-order chi connectivity index (χ0) is 24.7. The number of amides is 2. The minimum absolute atomic E-state index is 0.0104. The van der Waals surface area contributed by atoms with E-state index in [0.717, 1.165) is 41.0 Å². The van der Waals surface area contributed by atoms with Gasteiger partial charge in [0.2, 0.25) is 0 Å². The largest absolute Gasteiger partial charge is 0.396 e. The first-order chi connectivity index (χ1) is 16.8. The van der Waals surface area contributed by atoms with Gasteiger partial charge in [0.05, 0.1) is 5.69 Å². The summed E-state index contributed by atoms with van der Waals surface area (Å²) in [5, 5.41) is 17.8. The molecule has 8 nitrogen and oxygen atoms in total. The molecule has 3 aromatic rings. The molecule has 10 heteroatoms. The third-order valence-corrected chi connectivity index (χ3v) is 8.38. The molecule has 2 aromatic heterocycles. The highest BCUT2D eigenvalue weighted by atomic mass is 35.5. The molecule has 3 atom stereocenters. The molecule has 35 heavy (non-hydrogen) atoms. The summed E-state index contributed by atoms with van der Waals surface area (Å²) in [7, 11) is 0. The topological polar surface area (TPSA) is 110 Å². The Kier molecular flexibility index (Phi) is 6.85. The quantitative estimate of drug-likeness (QED) is 0.402. The number of benzene rings is 1. The van der Waals surface area contributed by atoms with E-state index in [1.807, 2.05) is 6.07 Å². The zero-order valence-electron chi connectivity index (χ0n) is 19.8. The van der Waals surface area contributed by atoms with Crippen molar-refractivity contribution < 1.29 is 14.7 Å². The van der Waals surface area contributed by atoms with Crippen LogP contribution < -0.4 is 10.6 Å². The summed E-state index contributed by atoms with van der Waals surface area (Å²) >= 11 is 7.52. The first-order valence-electron chi connectivity index (χ1n) is 12.0. The van der Waals surface area contributed by atoms with Crippen LogP contribution in [0.1, 0.15) is 57.6 Å². The lowest BCUT2D eigenvalue weighted by Gasteiger charge is -2.29. The predicted molar refractivity (Wildman–Crippen MR) is 137 cm³/mol. The van der Waals surface area contributed by atoms with Crippen molar-refractivity contribution in [2.24, 2.45) is 5.92 Å². The van der Waals surface area contributed by atoms with Crippen LogP contribution >= 0.6 is 22.9 Å². The fraction of sp³-hybridized carbons (Fsp3) is 0.480. The molecule has 2 aliphatic rings. The lowest BCUT2D eigenvalue weighted by molar-refractivity contribution is 0.0889. The lowest BCUT2D eigenvalue weighted by atomic mass is 10.1. The molecule has 4 N–H and O–H groups in total. The minimum atomic E-state index is -0.287. The first-order valence-corrected chi connectivity index (χ1v) is 13.2. The van der Waals surface area contributed by atoms with Crippen LogP contribution in [0.4, 0.5) is 0 Å². The van der Waals surface area contributed by atoms with Gasteiger partial charge in [-0.05, 0) is 56.9 Å². The number of aliphatic hydroxyl groups is 1. The predicted octanol–water partition coefficient (Wildman–Crippen LogP) is 3.34. The average molecular weight is 516 g/mol. The Labute approximate surface area is 213 Å². The second-order valence-corrected chi connectivity index (χ2v) is 11.3. The van der Waals surface area contributed by atoms with Gasteiger partial charge in [-0.2, -0.15) is 0 Å². The van der Waals surface area contributed by atoms with Crippen LogP contribution in [0.2, 0.25) is 5.02 Å². The van der Waals surface area contributed by atoms with E-state index in [1.54, 1.807) is 18.2 Å². The van der Waals surface area contributed by atoms with Crippen molar-refractivity contribution in [3.63, 3.8) is 0 Å². The Balaban J connectivity index is 1.28. The Morgan fingerprint density at radius 1 is 1.23 bits per heavy atom. The Bertz CT molecular complexity index is 1260. The maximum absolute atomic E-state index is 13.1. The normalized spacial score (nSPS) is 22.5. The molecule has 0 bridgehead atoms. The van der Waals surface area contributed by atoms with Crippen LogP contribution in [0.5, 0.6) is 0 Å². The van der Waals surface area contributed by atoms with Gasteiger partial charge in [0.15, 0.2) is 5.01 Å². The standard InChI is InChI=1S/C25H30ClN5O3S/c1-13(2)31-6-5-18-22(11-31)35-25(30-18)24(34)29-20-8-14(12-32)7-19(20)28-23(33)21-10-15-9-16(26)3-4-17(15)27-21/h3-4,9-10,13-14,19-20,27,32H,5-8,11-12H2,1-2H3,(H,28,33)(H,29,34)/t14?,19?,20-/m1/s1. The lowest BCUT2D eigenvalue weighted by Crippen LogP contribution is -2.48. The molecular weight excluding hydrogens is 486 g/mol. The van der Waals surface area contributed by atoms with E-state index in [4.69, 9.17) is 11.6 Å². The first kappa shape index (κ1) is 24.2. The summed E-state index contributed by atoms with van der Waals surface area (Å²) in [5.41, 5.74) is 2.27. The summed E-state index contributed by atoms with van der Waals surface area (Å²) < 4.78 is 0. The number of aromatic amines is 1. The molecule has 5 rings (SSSR count). The van der Waals surface area contributed by atoms with Crippen LogP contribution in [0.25, 0.3) is 10.9 Å². The summed E-state index contributed by atoms with van der Waals surface area (Å²) in [5.74, 6) is -0.460. The average Bonchev–Trinajstić information content (AvgIpc) is 3.54. The highest BCUT2D eigenvalue weighted by molar-refractivity contribution is 7.13. The molecular formula is C25H30ClN5O3S. The van der Waals surface area contributed by atoms with Gasteiger partial charge in [0.1, 0.15) is 5.69 Å². The van der Waals surface area contributed by atoms with Gasteiger partial charge in [0, 0.05) is 65.0 Å². The number of fused-ring (bicyclic) bond motifs is 2. The van der Waals surface area contributed by atoms with E-state index in [-0.39, 0.29) is 36.4 Å². The number of carbonyl (C=O) groups excluding carboxylic acids is 2. The van der Waals surface area contributed by atoms with Crippen molar-refractivity contribution in [3.8, 4) is 0 Å². The summed E-state index contributed by atoms with van der Waals surface area (Å²) in [6, 6.07) is 7.06. The highest BCUT2D eigenvalue weighted by Gasteiger charge is 2.37. The van der Waals surface area contributed by atoms with Gasteiger partial charge >= 0.3 is 0 Å². The molecule has 2 unspecified atom stereocenters. The number of nitrogens with one attached hydrogen (secondary N) is 3. The summed E-state index contributed by atoms with van der Waals surface area (Å²) in [4.78, 5) is 37.4. The van der Waals surface area contributed by atoms with E-state index in [2.05, 4.69) is 39.3 Å². The summed E-state index contributed by atoms with van der Waals surface area (Å²) in [6.07, 6.45) is 2.04. The van der Waals surface area contributed by atoms with Crippen molar-refractivity contribution >= 4 is 45.7 Å². The summed E-state index contributed by atoms with van der Waals surface area (Å²) in [6.45, 7) is 6.14. The van der Waals surface area contributed by atoms with E-state index >= 15 is 0 Å². The van der Waals surface area contributed by atoms with Gasteiger partial charge in [-0.3, -0.25) is 14.5 Å². The van der Waals surface area contributed by atoms with E-state index in [9.17, 15) is 14.7 Å². The molecule has 2 amide bonds. The van der Waals surface area contributed by atoms with Crippen molar-refractivity contribution in [1.29, 1.82) is 0 Å². The number of hydrogen-bond donors (Lipinski definition) is 4. The van der Waals surface area contributed by atoms with Gasteiger partial charge in [0.25, 0.3) is 11.8 Å². The van der Waals surface area contributed by atoms with Crippen LogP contribution in [-0.4, -0.2) is 63.1 Å². The molecule has 0 spiro atoms. The van der Waals surface area contributed by atoms with Crippen molar-refractivity contribution in [1.82, 2.24) is 25.5 Å². The van der Waals surface area contributed by atoms with Gasteiger partial charge in [-0.15, -0.1) is 11.3 Å². The maximum atomic E-state index is 13.1. The number of hydrogen-bond acceptors (Lipinski definition) is 6. The SMILES string of the molecule is CC(C)N1CCc2nc(C(=O)N[C@@H]3CC(CO)CC3NC(=O)c3cc4cc(Cl)ccc4[nH]3)sc2C1. The molecule has 3 heterocycles. The second kappa shape index (κ2) is 9.89. The zero-order valence-corrected chi connectivity index (χ0v) is 21.4. The molecule has 1 saturated carbocycles. The number of rotatable bonds is 6. The maximum Gasteiger partial charge on any atom is 0.280 e. The van der Waals surface area contributed by atoms with Crippen LogP contribution in [0, 0.1) is 5.92 Å². The third kappa shape index (κ3) is 5.09. The fourth-order valence-electron chi connectivity index (χ4n) is 5.07. The van der Waals surface area contributed by atoms with Gasteiger partial charge < -0.3 is 20.7 Å². The second-order valence-electron chi connectivity index (χ2n) is 9.80. The van der Waals surface area contributed by atoms with Crippen molar-refractivity contribution in [3.05, 3.63) is 50.6 Å². The number of thiazole rings is 1. The Morgan fingerprint density at radius 2 is 1.97 bits per heavy atom. The minimum Gasteiger partial charge on any atom is -0.396 e. The Hall–Kier alpha value is -2.46. The van der Waals surface area contributed by atoms with Crippen molar-refractivity contribution in [2.45, 2.75) is 57.8 Å². The molecule has 1 fully saturated rings. The number of halogens is 1. The third-order valence-electron chi connectivity index (χ3n) is 7.06. The molecule has 1 aliphatic carbocycles.